The van der Waals surface area contributed by atoms with Gasteiger partial charge in [-0.25, -0.2) is 0 Å². The number of likely N-dealkylation sites (tertiary alicyclic amines) is 1. The molecular formula is C21H35N5O3. The van der Waals surface area contributed by atoms with Gasteiger partial charge < -0.3 is 24.3 Å². The lowest BCUT2D eigenvalue weighted by atomic mass is 10.2. The van der Waals surface area contributed by atoms with Crippen molar-refractivity contribution in [2.75, 3.05) is 66.1 Å². The lowest BCUT2D eigenvalue weighted by Gasteiger charge is -2.39. The third-order valence-electron chi connectivity index (χ3n) is 5.73. The summed E-state index contributed by atoms with van der Waals surface area (Å²) in [5.41, 5.74) is 0. The first-order valence-corrected chi connectivity index (χ1v) is 10.8. The number of aliphatic imine (C=N–C) groups is 1. The van der Waals surface area contributed by atoms with E-state index in [4.69, 9.17) is 14.1 Å². The summed E-state index contributed by atoms with van der Waals surface area (Å²) in [5.74, 6) is 2.15. The molecule has 8 heteroatoms. The number of nitrogens with zero attached hydrogens (tertiary/aromatic N) is 4. The Labute approximate surface area is 173 Å². The summed E-state index contributed by atoms with van der Waals surface area (Å²) >= 11 is 0. The largest absolute Gasteiger partial charge is 0.469 e. The first-order valence-electron chi connectivity index (χ1n) is 10.8. The van der Waals surface area contributed by atoms with Crippen LogP contribution in [0.25, 0.3) is 0 Å². The fourth-order valence-electron chi connectivity index (χ4n) is 3.94. The molecule has 1 unspecified atom stereocenters. The number of nitrogens with one attached hydrogen (secondary N) is 1. The van der Waals surface area contributed by atoms with Crippen molar-refractivity contribution in [2.24, 2.45) is 4.99 Å². The number of guanidine groups is 1. The van der Waals surface area contributed by atoms with Gasteiger partial charge in [0.05, 0.1) is 25.5 Å². The van der Waals surface area contributed by atoms with E-state index >= 15 is 0 Å². The molecule has 0 aromatic carbocycles. The van der Waals surface area contributed by atoms with Crippen LogP contribution in [0.15, 0.2) is 27.8 Å². The highest BCUT2D eigenvalue weighted by Crippen LogP contribution is 2.14. The lowest BCUT2D eigenvalue weighted by molar-refractivity contribution is -0.135. The smallest absolute Gasteiger partial charge is 0.239 e. The average Bonchev–Trinajstić information content (AvgIpc) is 3.46. The Bertz CT molecular complexity index is 635. The first-order chi connectivity index (χ1) is 14.2. The Morgan fingerprint density at radius 3 is 2.62 bits per heavy atom. The molecule has 1 amide bonds. The number of furan rings is 1. The summed E-state index contributed by atoms with van der Waals surface area (Å²) < 4.78 is 10.6. The molecule has 0 bridgehead atoms. The van der Waals surface area contributed by atoms with Gasteiger partial charge in [0, 0.05) is 59.3 Å². The molecule has 0 aliphatic carbocycles. The van der Waals surface area contributed by atoms with Gasteiger partial charge in [-0.05, 0) is 31.9 Å². The molecule has 1 N–H and O–H groups in total. The maximum Gasteiger partial charge on any atom is 0.239 e. The maximum atomic E-state index is 12.7. The molecule has 8 nitrogen and oxygen atoms in total. The molecular weight excluding hydrogens is 370 g/mol. The zero-order valence-corrected chi connectivity index (χ0v) is 17.8. The van der Waals surface area contributed by atoms with Gasteiger partial charge in [0.2, 0.25) is 5.91 Å². The van der Waals surface area contributed by atoms with Gasteiger partial charge in [-0.15, -0.1) is 0 Å². The van der Waals surface area contributed by atoms with Crippen LogP contribution >= 0.6 is 0 Å². The van der Waals surface area contributed by atoms with Crippen LogP contribution in [0.5, 0.6) is 0 Å². The second-order valence-corrected chi connectivity index (χ2v) is 7.69. The van der Waals surface area contributed by atoms with Gasteiger partial charge in [-0.1, -0.05) is 0 Å². The van der Waals surface area contributed by atoms with E-state index in [9.17, 15) is 4.79 Å². The standard InChI is InChI=1S/C21H35N5O3/c1-18(20(27)25-10-3-4-11-25)24-12-14-26(15-13-24)21(23-9-17-28-2)22-8-7-19-6-5-16-29-19/h5-6,16,18H,3-4,7-15,17H2,1-2H3,(H,22,23). The van der Waals surface area contributed by atoms with Gasteiger partial charge in [-0.2, -0.15) is 0 Å². The van der Waals surface area contributed by atoms with Crippen LogP contribution < -0.4 is 5.32 Å². The molecule has 2 saturated heterocycles. The lowest BCUT2D eigenvalue weighted by Crippen LogP contribution is -2.57. The van der Waals surface area contributed by atoms with Crippen molar-refractivity contribution in [2.45, 2.75) is 32.2 Å². The topological polar surface area (TPSA) is 73.5 Å². The number of hydrogen-bond donors (Lipinski definition) is 1. The van der Waals surface area contributed by atoms with Crippen LogP contribution in [0.2, 0.25) is 0 Å². The van der Waals surface area contributed by atoms with Gasteiger partial charge in [0.25, 0.3) is 0 Å². The Kier molecular flexibility index (Phi) is 8.37. The van der Waals surface area contributed by atoms with Crippen molar-refractivity contribution in [1.82, 2.24) is 20.0 Å². The molecule has 0 spiro atoms. The van der Waals surface area contributed by atoms with Gasteiger partial charge in [-0.3, -0.25) is 14.7 Å². The third kappa shape index (κ3) is 6.21. The van der Waals surface area contributed by atoms with Crippen LogP contribution in [-0.4, -0.2) is 98.7 Å². The summed E-state index contributed by atoms with van der Waals surface area (Å²) in [5, 5.41) is 3.46. The highest BCUT2D eigenvalue weighted by molar-refractivity contribution is 5.82. The number of rotatable bonds is 8. The zero-order valence-electron chi connectivity index (χ0n) is 17.8. The van der Waals surface area contributed by atoms with Crippen LogP contribution in [0, 0.1) is 0 Å². The minimum absolute atomic E-state index is 0.0453. The second kappa shape index (κ2) is 11.2. The molecule has 2 aliphatic rings. The minimum atomic E-state index is -0.0453. The number of ether oxygens (including phenoxy) is 1. The molecule has 1 aromatic heterocycles. The van der Waals surface area contributed by atoms with E-state index < -0.39 is 0 Å². The summed E-state index contributed by atoms with van der Waals surface area (Å²) in [7, 11) is 1.69. The Hall–Kier alpha value is -2.06. The fraction of sp³-hybridized carbons (Fsp3) is 0.714. The highest BCUT2D eigenvalue weighted by atomic mass is 16.5. The minimum Gasteiger partial charge on any atom is -0.469 e. The summed E-state index contributed by atoms with van der Waals surface area (Å²) in [4.78, 5) is 24.0. The summed E-state index contributed by atoms with van der Waals surface area (Å²) in [6.45, 7) is 9.32. The molecule has 0 saturated carbocycles. The fourth-order valence-corrected chi connectivity index (χ4v) is 3.94. The number of piperazine rings is 1. The van der Waals surface area contributed by atoms with Crippen molar-refractivity contribution >= 4 is 11.9 Å². The van der Waals surface area contributed by atoms with E-state index in [1.54, 1.807) is 13.4 Å². The van der Waals surface area contributed by atoms with Gasteiger partial charge in [0.15, 0.2) is 5.96 Å². The molecule has 1 atom stereocenters. The predicted molar refractivity (Wildman–Crippen MR) is 113 cm³/mol. The van der Waals surface area contributed by atoms with Crippen LogP contribution in [0.3, 0.4) is 0 Å². The van der Waals surface area contributed by atoms with Crippen LogP contribution in [0.4, 0.5) is 0 Å². The Balaban J connectivity index is 1.49. The molecule has 2 aliphatic heterocycles. The number of carbonyl (C=O) groups excluding carboxylic acids is 1. The monoisotopic (exact) mass is 405 g/mol. The second-order valence-electron chi connectivity index (χ2n) is 7.69. The first kappa shape index (κ1) is 21.6. The molecule has 162 valence electrons. The quantitative estimate of drug-likeness (QED) is 0.396. The van der Waals surface area contributed by atoms with Gasteiger partial charge in [0.1, 0.15) is 5.76 Å². The highest BCUT2D eigenvalue weighted by Gasteiger charge is 2.30. The average molecular weight is 406 g/mol. The van der Waals surface area contributed by atoms with Crippen molar-refractivity contribution in [3.63, 3.8) is 0 Å². The summed E-state index contributed by atoms with van der Waals surface area (Å²) in [6.07, 6.45) is 4.79. The van der Waals surface area contributed by atoms with Crippen LogP contribution in [-0.2, 0) is 16.0 Å². The van der Waals surface area contributed by atoms with E-state index in [0.717, 1.165) is 76.8 Å². The predicted octanol–water partition coefficient (Wildman–Crippen LogP) is 1.04. The van der Waals surface area contributed by atoms with E-state index in [2.05, 4.69) is 15.1 Å². The molecule has 0 radical (unpaired) electrons. The van der Waals surface area contributed by atoms with Crippen molar-refractivity contribution in [1.29, 1.82) is 0 Å². The van der Waals surface area contributed by atoms with Crippen molar-refractivity contribution in [3.05, 3.63) is 24.2 Å². The Morgan fingerprint density at radius 2 is 1.97 bits per heavy atom. The molecule has 3 heterocycles. The number of carbonyl (C=O) groups is 1. The SMILES string of the molecule is COCCN=C(NCCc1ccco1)N1CCN(C(C)C(=O)N2CCCC2)CC1. The molecule has 2 fully saturated rings. The van der Waals surface area contributed by atoms with Gasteiger partial charge >= 0.3 is 0 Å². The summed E-state index contributed by atoms with van der Waals surface area (Å²) in [6, 6.07) is 3.85. The zero-order chi connectivity index (χ0) is 20.5. The number of amides is 1. The van der Waals surface area contributed by atoms with E-state index in [1.807, 2.05) is 24.0 Å². The normalized spacial score (nSPS) is 19.6. The van der Waals surface area contributed by atoms with E-state index in [-0.39, 0.29) is 11.9 Å². The van der Waals surface area contributed by atoms with E-state index in [1.165, 1.54) is 0 Å². The van der Waals surface area contributed by atoms with E-state index in [0.29, 0.717) is 13.2 Å². The molecule has 29 heavy (non-hydrogen) atoms. The molecule has 1 aromatic rings. The molecule has 3 rings (SSSR count). The third-order valence-corrected chi connectivity index (χ3v) is 5.73. The van der Waals surface area contributed by atoms with Crippen LogP contribution in [0.1, 0.15) is 25.5 Å². The number of methoxy groups -OCH3 is 1. The number of hydrogen-bond acceptors (Lipinski definition) is 5. The maximum absolute atomic E-state index is 12.7. The Morgan fingerprint density at radius 1 is 1.21 bits per heavy atom. The van der Waals surface area contributed by atoms with Crippen molar-refractivity contribution < 1.29 is 13.9 Å². The van der Waals surface area contributed by atoms with Crippen molar-refractivity contribution in [3.8, 4) is 0 Å².